The van der Waals surface area contributed by atoms with Gasteiger partial charge in [0.05, 0.1) is 22.3 Å². The van der Waals surface area contributed by atoms with Crippen LogP contribution in [0.4, 0.5) is 5.69 Å². The first-order chi connectivity index (χ1) is 14.0. The molecule has 1 atom stereocenters. The van der Waals surface area contributed by atoms with Gasteiger partial charge in [-0.25, -0.2) is 0 Å². The summed E-state index contributed by atoms with van der Waals surface area (Å²) in [4.78, 5) is 27.5. The highest BCUT2D eigenvalue weighted by Gasteiger charge is 2.28. The van der Waals surface area contributed by atoms with Crippen molar-refractivity contribution in [3.05, 3.63) is 64.1 Å². The molecule has 1 fully saturated rings. The summed E-state index contributed by atoms with van der Waals surface area (Å²) in [7, 11) is 0. The summed E-state index contributed by atoms with van der Waals surface area (Å²) in [5.41, 5.74) is 1.28. The first kappa shape index (κ1) is 21.6. The van der Waals surface area contributed by atoms with Gasteiger partial charge in [0.1, 0.15) is 6.04 Å². The summed E-state index contributed by atoms with van der Waals surface area (Å²) >= 11 is 12.1. The Balaban J connectivity index is 1.68. The summed E-state index contributed by atoms with van der Waals surface area (Å²) in [6, 6.07) is 13.9. The van der Waals surface area contributed by atoms with Crippen molar-refractivity contribution in [2.75, 3.05) is 25.0 Å². The van der Waals surface area contributed by atoms with E-state index in [1.165, 1.54) is 0 Å². The number of amides is 2. The quantitative estimate of drug-likeness (QED) is 0.703. The second kappa shape index (κ2) is 10.1. The first-order valence-electron chi connectivity index (χ1n) is 9.76. The van der Waals surface area contributed by atoms with Crippen LogP contribution in [0.3, 0.4) is 0 Å². The minimum Gasteiger partial charge on any atom is -0.341 e. The molecule has 0 bridgehead atoms. The minimum absolute atomic E-state index is 0.00307. The molecule has 0 radical (unpaired) electrons. The van der Waals surface area contributed by atoms with Crippen molar-refractivity contribution in [3.63, 3.8) is 0 Å². The van der Waals surface area contributed by atoms with Crippen molar-refractivity contribution >= 4 is 40.7 Å². The van der Waals surface area contributed by atoms with Crippen LogP contribution in [0.15, 0.2) is 48.5 Å². The number of hydrogen-bond acceptors (Lipinski definition) is 3. The summed E-state index contributed by atoms with van der Waals surface area (Å²) in [6.45, 7) is 3.67. The molecule has 2 N–H and O–H groups in total. The normalized spacial score (nSPS) is 15.8. The molecular formula is C22H25Cl2N3O2. The number of nitrogens with one attached hydrogen (secondary N) is 2. The summed E-state index contributed by atoms with van der Waals surface area (Å²) in [5.74, 6) is 0.335. The van der Waals surface area contributed by atoms with Crippen LogP contribution in [-0.2, 0) is 9.59 Å². The fourth-order valence-corrected chi connectivity index (χ4v) is 3.74. The monoisotopic (exact) mass is 433 g/mol. The van der Waals surface area contributed by atoms with E-state index in [0.717, 1.165) is 31.5 Å². The molecule has 154 valence electrons. The van der Waals surface area contributed by atoms with Gasteiger partial charge in [-0.3, -0.25) is 14.9 Å². The predicted octanol–water partition coefficient (Wildman–Crippen LogP) is 4.52. The molecule has 0 spiro atoms. The molecule has 0 aromatic heterocycles. The highest BCUT2D eigenvalue weighted by Crippen LogP contribution is 2.29. The first-order valence-corrected chi connectivity index (χ1v) is 10.5. The van der Waals surface area contributed by atoms with Gasteiger partial charge >= 0.3 is 0 Å². The Morgan fingerprint density at radius 2 is 1.76 bits per heavy atom. The fraction of sp³-hybridized carbons (Fsp3) is 0.364. The maximum absolute atomic E-state index is 13.2. The maximum atomic E-state index is 13.2. The van der Waals surface area contributed by atoms with E-state index in [2.05, 4.69) is 17.6 Å². The van der Waals surface area contributed by atoms with Crippen LogP contribution in [0.5, 0.6) is 0 Å². The zero-order chi connectivity index (χ0) is 20.8. The fourth-order valence-electron chi connectivity index (χ4n) is 3.39. The number of hydrogen-bond donors (Lipinski definition) is 2. The Labute approximate surface area is 181 Å². The van der Waals surface area contributed by atoms with Crippen molar-refractivity contribution < 1.29 is 9.59 Å². The highest BCUT2D eigenvalue weighted by molar-refractivity contribution is 6.44. The Morgan fingerprint density at radius 3 is 2.45 bits per heavy atom. The minimum atomic E-state index is -0.579. The lowest BCUT2D eigenvalue weighted by Gasteiger charge is -2.33. The number of piperidine rings is 1. The van der Waals surface area contributed by atoms with Crippen molar-refractivity contribution in [2.24, 2.45) is 5.92 Å². The van der Waals surface area contributed by atoms with Crippen LogP contribution in [0.1, 0.15) is 31.4 Å². The van der Waals surface area contributed by atoms with Crippen molar-refractivity contribution in [1.82, 2.24) is 10.2 Å². The predicted molar refractivity (Wildman–Crippen MR) is 117 cm³/mol. The average Bonchev–Trinajstić information content (AvgIpc) is 2.73. The third-order valence-corrected chi connectivity index (χ3v) is 5.99. The average molecular weight is 434 g/mol. The van der Waals surface area contributed by atoms with Crippen molar-refractivity contribution in [3.8, 4) is 0 Å². The number of carbonyl (C=O) groups is 2. The summed E-state index contributed by atoms with van der Waals surface area (Å²) < 4.78 is 0. The Bertz CT molecular complexity index is 852. The van der Waals surface area contributed by atoms with Gasteiger partial charge in [0.25, 0.3) is 0 Å². The third kappa shape index (κ3) is 5.72. The van der Waals surface area contributed by atoms with E-state index < -0.39 is 6.04 Å². The second-order valence-corrected chi connectivity index (χ2v) is 8.17. The van der Waals surface area contributed by atoms with Gasteiger partial charge < -0.3 is 10.2 Å². The lowest BCUT2D eigenvalue weighted by atomic mass is 9.97. The van der Waals surface area contributed by atoms with E-state index in [0.29, 0.717) is 21.7 Å². The number of rotatable bonds is 6. The Hall–Kier alpha value is -2.08. The molecule has 7 heteroatoms. The standard InChI is InChI=1S/C22H25Cl2N3O2/c1-15-10-12-27(13-11-15)22(29)21(16-6-3-2-4-7-16)25-14-19(28)26-18-9-5-8-17(23)20(18)24/h2-9,15,21,25H,10-14H2,1H3,(H,26,28). The lowest BCUT2D eigenvalue weighted by molar-refractivity contribution is -0.135. The molecule has 3 rings (SSSR count). The van der Waals surface area contributed by atoms with E-state index >= 15 is 0 Å². The van der Waals surface area contributed by atoms with Crippen LogP contribution < -0.4 is 10.6 Å². The molecule has 1 unspecified atom stereocenters. The van der Waals surface area contributed by atoms with Crippen LogP contribution in [0.2, 0.25) is 10.0 Å². The summed E-state index contributed by atoms with van der Waals surface area (Å²) in [6.07, 6.45) is 2.00. The van der Waals surface area contributed by atoms with E-state index in [4.69, 9.17) is 23.2 Å². The topological polar surface area (TPSA) is 61.4 Å². The van der Waals surface area contributed by atoms with Gasteiger partial charge in [-0.2, -0.15) is 0 Å². The number of halogens is 2. The molecule has 2 aromatic carbocycles. The lowest BCUT2D eigenvalue weighted by Crippen LogP contribution is -2.46. The molecule has 0 aliphatic carbocycles. The molecule has 1 aliphatic rings. The van der Waals surface area contributed by atoms with E-state index in [1.807, 2.05) is 35.2 Å². The number of anilines is 1. The summed E-state index contributed by atoms with van der Waals surface area (Å²) in [5, 5.41) is 6.52. The van der Waals surface area contributed by atoms with Gasteiger partial charge in [0, 0.05) is 13.1 Å². The number of benzene rings is 2. The van der Waals surface area contributed by atoms with Crippen LogP contribution in [-0.4, -0.2) is 36.3 Å². The molecule has 29 heavy (non-hydrogen) atoms. The molecule has 2 amide bonds. The Morgan fingerprint density at radius 1 is 1.07 bits per heavy atom. The molecule has 5 nitrogen and oxygen atoms in total. The van der Waals surface area contributed by atoms with E-state index in [1.54, 1.807) is 18.2 Å². The molecule has 2 aromatic rings. The van der Waals surface area contributed by atoms with Gasteiger partial charge in [-0.05, 0) is 36.5 Å². The van der Waals surface area contributed by atoms with E-state index in [9.17, 15) is 9.59 Å². The third-order valence-electron chi connectivity index (χ3n) is 5.17. The van der Waals surface area contributed by atoms with Gasteiger partial charge in [-0.1, -0.05) is 66.5 Å². The number of carbonyl (C=O) groups excluding carboxylic acids is 2. The number of nitrogens with zero attached hydrogens (tertiary/aromatic N) is 1. The van der Waals surface area contributed by atoms with Gasteiger partial charge in [0.15, 0.2) is 0 Å². The van der Waals surface area contributed by atoms with Crippen LogP contribution in [0, 0.1) is 5.92 Å². The van der Waals surface area contributed by atoms with Gasteiger partial charge in [-0.15, -0.1) is 0 Å². The molecule has 1 saturated heterocycles. The Kier molecular flexibility index (Phi) is 7.53. The zero-order valence-corrected chi connectivity index (χ0v) is 17.8. The molecular weight excluding hydrogens is 409 g/mol. The molecule has 1 aliphatic heterocycles. The SMILES string of the molecule is CC1CCN(C(=O)C(NCC(=O)Nc2cccc(Cl)c2Cl)c2ccccc2)CC1. The maximum Gasteiger partial charge on any atom is 0.244 e. The largest absolute Gasteiger partial charge is 0.341 e. The zero-order valence-electron chi connectivity index (χ0n) is 16.3. The van der Waals surface area contributed by atoms with Crippen LogP contribution >= 0.6 is 23.2 Å². The van der Waals surface area contributed by atoms with E-state index in [-0.39, 0.29) is 18.4 Å². The highest BCUT2D eigenvalue weighted by atomic mass is 35.5. The molecule has 1 heterocycles. The molecule has 0 saturated carbocycles. The smallest absolute Gasteiger partial charge is 0.244 e. The van der Waals surface area contributed by atoms with Crippen LogP contribution in [0.25, 0.3) is 0 Å². The second-order valence-electron chi connectivity index (χ2n) is 7.38. The van der Waals surface area contributed by atoms with Crippen molar-refractivity contribution in [2.45, 2.75) is 25.8 Å². The van der Waals surface area contributed by atoms with Gasteiger partial charge in [0.2, 0.25) is 11.8 Å². The van der Waals surface area contributed by atoms with Crippen molar-refractivity contribution in [1.29, 1.82) is 0 Å². The number of likely N-dealkylation sites (tertiary alicyclic amines) is 1.